The number of imidazole rings is 2. The zero-order valence-electron chi connectivity index (χ0n) is 14.8. The van der Waals surface area contributed by atoms with Crippen LogP contribution in [-0.4, -0.2) is 37.6 Å². The van der Waals surface area contributed by atoms with Gasteiger partial charge in [0, 0.05) is 23.4 Å². The predicted molar refractivity (Wildman–Crippen MR) is 95.3 cm³/mol. The second-order valence-corrected chi connectivity index (χ2v) is 7.38. The standard InChI is InChI=1S/C18H23N5O2/c1-17(2,10-24)15-21-12-6-5-11(9-13(12)22-15)14(25)23-18(3,4)16-19-7-8-20-16/h5-9,24H,10H2,1-4H3,(H,19,20)(H,21,22)(H,23,25). The van der Waals surface area contributed by atoms with Crippen LogP contribution in [0.25, 0.3) is 11.0 Å². The van der Waals surface area contributed by atoms with E-state index in [-0.39, 0.29) is 12.5 Å². The molecule has 3 rings (SSSR count). The van der Waals surface area contributed by atoms with Crippen molar-refractivity contribution >= 4 is 16.9 Å². The quantitative estimate of drug-likeness (QED) is 0.571. The highest BCUT2D eigenvalue weighted by Gasteiger charge is 2.27. The number of aromatic nitrogens is 4. The second-order valence-electron chi connectivity index (χ2n) is 7.38. The van der Waals surface area contributed by atoms with Crippen molar-refractivity contribution in [3.8, 4) is 0 Å². The number of carbonyl (C=O) groups excluding carboxylic acids is 1. The maximum Gasteiger partial charge on any atom is 0.252 e. The lowest BCUT2D eigenvalue weighted by Crippen LogP contribution is -2.41. The number of nitrogens with zero attached hydrogens (tertiary/aromatic N) is 2. The molecular formula is C18H23N5O2. The third-order valence-electron chi connectivity index (χ3n) is 4.30. The topological polar surface area (TPSA) is 107 Å². The lowest BCUT2D eigenvalue weighted by Gasteiger charge is -2.24. The number of carbonyl (C=O) groups is 1. The third kappa shape index (κ3) is 3.28. The van der Waals surface area contributed by atoms with Crippen molar-refractivity contribution < 1.29 is 9.90 Å². The first-order valence-electron chi connectivity index (χ1n) is 8.16. The molecule has 7 nitrogen and oxygen atoms in total. The Kier molecular flexibility index (Phi) is 4.12. The Bertz CT molecular complexity index is 893. The summed E-state index contributed by atoms with van der Waals surface area (Å²) in [6.07, 6.45) is 3.38. The summed E-state index contributed by atoms with van der Waals surface area (Å²) < 4.78 is 0. The normalized spacial score (nSPS) is 12.5. The first-order valence-corrected chi connectivity index (χ1v) is 8.16. The molecule has 1 aromatic carbocycles. The van der Waals surface area contributed by atoms with Crippen molar-refractivity contribution in [3.05, 3.63) is 47.8 Å². The van der Waals surface area contributed by atoms with Crippen molar-refractivity contribution in [3.63, 3.8) is 0 Å². The molecule has 0 aliphatic heterocycles. The molecule has 2 aromatic heterocycles. The van der Waals surface area contributed by atoms with Crippen molar-refractivity contribution in [2.75, 3.05) is 6.61 Å². The molecule has 0 bridgehead atoms. The van der Waals surface area contributed by atoms with E-state index in [1.165, 1.54) is 0 Å². The van der Waals surface area contributed by atoms with Crippen molar-refractivity contribution in [2.45, 2.75) is 38.6 Å². The van der Waals surface area contributed by atoms with E-state index in [0.29, 0.717) is 17.2 Å². The fourth-order valence-electron chi connectivity index (χ4n) is 2.57. The molecule has 0 saturated heterocycles. The van der Waals surface area contributed by atoms with E-state index in [0.717, 1.165) is 11.0 Å². The number of amides is 1. The number of nitrogens with one attached hydrogen (secondary N) is 3. The summed E-state index contributed by atoms with van der Waals surface area (Å²) in [5.41, 5.74) is 0.971. The lowest BCUT2D eigenvalue weighted by molar-refractivity contribution is 0.0909. The van der Waals surface area contributed by atoms with Crippen LogP contribution in [0.4, 0.5) is 0 Å². The Morgan fingerprint density at radius 3 is 2.64 bits per heavy atom. The number of rotatable bonds is 5. The number of aliphatic hydroxyl groups is 1. The van der Waals surface area contributed by atoms with E-state index in [2.05, 4.69) is 25.3 Å². The summed E-state index contributed by atoms with van der Waals surface area (Å²) in [6.45, 7) is 7.58. The van der Waals surface area contributed by atoms with Crippen LogP contribution in [0.15, 0.2) is 30.6 Å². The fourth-order valence-corrected chi connectivity index (χ4v) is 2.57. The van der Waals surface area contributed by atoms with Crippen LogP contribution in [0.5, 0.6) is 0 Å². The number of benzene rings is 1. The van der Waals surface area contributed by atoms with Gasteiger partial charge in [-0.1, -0.05) is 13.8 Å². The van der Waals surface area contributed by atoms with Crippen LogP contribution < -0.4 is 5.32 Å². The number of aromatic amines is 2. The second kappa shape index (κ2) is 6.00. The number of fused-ring (bicyclic) bond motifs is 1. The molecule has 0 unspecified atom stereocenters. The van der Waals surface area contributed by atoms with Crippen molar-refractivity contribution in [2.24, 2.45) is 0 Å². The lowest BCUT2D eigenvalue weighted by atomic mass is 9.94. The molecule has 0 aliphatic rings. The highest BCUT2D eigenvalue weighted by molar-refractivity contribution is 5.97. The van der Waals surface area contributed by atoms with Crippen LogP contribution in [-0.2, 0) is 11.0 Å². The third-order valence-corrected chi connectivity index (χ3v) is 4.30. The largest absolute Gasteiger partial charge is 0.395 e. The van der Waals surface area contributed by atoms with Gasteiger partial charge in [-0.3, -0.25) is 4.79 Å². The van der Waals surface area contributed by atoms with Gasteiger partial charge in [0.2, 0.25) is 0 Å². The van der Waals surface area contributed by atoms with Gasteiger partial charge in [0.15, 0.2) is 0 Å². The SMILES string of the molecule is CC(C)(CO)c1nc2ccc(C(=O)NC(C)(C)c3ncc[nH]3)cc2[nH]1. The number of hydrogen-bond acceptors (Lipinski definition) is 4. The Labute approximate surface area is 145 Å². The highest BCUT2D eigenvalue weighted by atomic mass is 16.3. The molecule has 0 atom stereocenters. The van der Waals surface area contributed by atoms with E-state index in [1.54, 1.807) is 30.6 Å². The summed E-state index contributed by atoms with van der Waals surface area (Å²) in [5.74, 6) is 1.19. The minimum absolute atomic E-state index is 0.0164. The molecule has 7 heteroatoms. The van der Waals surface area contributed by atoms with E-state index in [4.69, 9.17) is 0 Å². The molecule has 1 amide bonds. The van der Waals surface area contributed by atoms with Gasteiger partial charge in [0.1, 0.15) is 11.6 Å². The maximum absolute atomic E-state index is 12.6. The number of hydrogen-bond donors (Lipinski definition) is 4. The van der Waals surface area contributed by atoms with Crippen LogP contribution in [0, 0.1) is 0 Å². The Morgan fingerprint density at radius 1 is 1.24 bits per heavy atom. The fraction of sp³-hybridized carbons (Fsp3) is 0.389. The van der Waals surface area contributed by atoms with E-state index in [1.807, 2.05) is 27.7 Å². The highest BCUT2D eigenvalue weighted by Crippen LogP contribution is 2.24. The van der Waals surface area contributed by atoms with Gasteiger partial charge in [-0.05, 0) is 32.0 Å². The van der Waals surface area contributed by atoms with Gasteiger partial charge in [0.25, 0.3) is 5.91 Å². The van der Waals surface area contributed by atoms with Crippen LogP contribution in [0.3, 0.4) is 0 Å². The molecule has 25 heavy (non-hydrogen) atoms. The van der Waals surface area contributed by atoms with Gasteiger partial charge in [-0.2, -0.15) is 0 Å². The first-order chi connectivity index (χ1) is 11.7. The molecule has 0 saturated carbocycles. The molecule has 0 radical (unpaired) electrons. The maximum atomic E-state index is 12.6. The minimum atomic E-state index is -0.617. The molecule has 132 valence electrons. The van der Waals surface area contributed by atoms with Gasteiger partial charge < -0.3 is 20.4 Å². The minimum Gasteiger partial charge on any atom is -0.395 e. The van der Waals surface area contributed by atoms with Crippen LogP contribution >= 0.6 is 0 Å². The Hall–Kier alpha value is -2.67. The van der Waals surface area contributed by atoms with Crippen LogP contribution in [0.1, 0.15) is 49.7 Å². The molecule has 0 fully saturated rings. The van der Waals surface area contributed by atoms with Gasteiger partial charge in [-0.15, -0.1) is 0 Å². The van der Waals surface area contributed by atoms with E-state index < -0.39 is 11.0 Å². The van der Waals surface area contributed by atoms with Crippen LogP contribution in [0.2, 0.25) is 0 Å². The Morgan fingerprint density at radius 2 is 2.00 bits per heavy atom. The molecule has 0 aliphatic carbocycles. The number of H-pyrrole nitrogens is 2. The van der Waals surface area contributed by atoms with Gasteiger partial charge in [0.05, 0.1) is 23.2 Å². The molecular weight excluding hydrogens is 318 g/mol. The van der Waals surface area contributed by atoms with Crippen molar-refractivity contribution in [1.29, 1.82) is 0 Å². The zero-order valence-corrected chi connectivity index (χ0v) is 14.8. The summed E-state index contributed by atoms with van der Waals surface area (Å²) in [7, 11) is 0. The molecule has 0 spiro atoms. The predicted octanol–water partition coefficient (Wildman–Crippen LogP) is 2.22. The van der Waals surface area contributed by atoms with E-state index >= 15 is 0 Å². The number of aliphatic hydroxyl groups excluding tert-OH is 1. The van der Waals surface area contributed by atoms with Gasteiger partial charge >= 0.3 is 0 Å². The zero-order chi connectivity index (χ0) is 18.2. The molecule has 4 N–H and O–H groups in total. The first kappa shape index (κ1) is 17.2. The summed E-state index contributed by atoms with van der Waals surface area (Å²) in [4.78, 5) is 27.6. The smallest absolute Gasteiger partial charge is 0.252 e. The summed E-state index contributed by atoms with van der Waals surface area (Å²) >= 11 is 0. The Balaban J connectivity index is 1.87. The van der Waals surface area contributed by atoms with E-state index in [9.17, 15) is 9.90 Å². The van der Waals surface area contributed by atoms with Gasteiger partial charge in [-0.25, -0.2) is 9.97 Å². The monoisotopic (exact) mass is 341 g/mol. The summed E-state index contributed by atoms with van der Waals surface area (Å²) in [5, 5.41) is 12.5. The summed E-state index contributed by atoms with van der Waals surface area (Å²) in [6, 6.07) is 5.32. The van der Waals surface area contributed by atoms with Crippen molar-refractivity contribution in [1.82, 2.24) is 25.3 Å². The average Bonchev–Trinajstić information content (AvgIpc) is 3.23. The molecule has 3 aromatic rings. The average molecular weight is 341 g/mol. The molecule has 2 heterocycles.